The first-order chi connectivity index (χ1) is 40.7. The average Bonchev–Trinajstić information content (AvgIpc) is 3.57. The molecule has 5 atom stereocenters. The maximum absolute atomic E-state index is 13.0. The van der Waals surface area contributed by atoms with Crippen LogP contribution in [-0.2, 0) is 65.4 Å². The van der Waals surface area contributed by atoms with Crippen LogP contribution in [0.1, 0.15) is 336 Å². The van der Waals surface area contributed by atoms with Gasteiger partial charge in [0.05, 0.1) is 26.4 Å². The van der Waals surface area contributed by atoms with Crippen LogP contribution in [-0.4, -0.2) is 96.7 Å². The number of aliphatic hydroxyl groups is 1. The molecule has 498 valence electrons. The molecule has 0 radical (unpaired) electrons. The number of esters is 4. The monoisotopic (exact) mass is 1240 g/mol. The summed E-state index contributed by atoms with van der Waals surface area (Å²) in [5.74, 6) is -2.14. The molecule has 0 aliphatic carbocycles. The number of ether oxygens (including phenoxy) is 4. The zero-order valence-electron chi connectivity index (χ0n) is 53.9. The van der Waals surface area contributed by atoms with Gasteiger partial charge in [-0.2, -0.15) is 0 Å². The van der Waals surface area contributed by atoms with E-state index in [1.165, 1.54) is 154 Å². The van der Waals surface area contributed by atoms with Crippen LogP contribution < -0.4 is 0 Å². The largest absolute Gasteiger partial charge is 0.472 e. The Kier molecular flexibility index (Phi) is 58.6. The summed E-state index contributed by atoms with van der Waals surface area (Å²) in [6.45, 7) is 4.83. The van der Waals surface area contributed by atoms with Gasteiger partial charge in [-0.25, -0.2) is 9.13 Å². The topological polar surface area (TPSA) is 237 Å². The molecular weight excluding hydrogens is 1110 g/mol. The third-order valence-electron chi connectivity index (χ3n) is 15.1. The molecule has 0 aliphatic heterocycles. The Morgan fingerprint density at radius 2 is 0.476 bits per heavy atom. The third kappa shape index (κ3) is 59.0. The van der Waals surface area contributed by atoms with E-state index in [9.17, 15) is 43.2 Å². The summed E-state index contributed by atoms with van der Waals surface area (Å²) in [7, 11) is -9.88. The molecule has 0 amide bonds. The van der Waals surface area contributed by atoms with Gasteiger partial charge in [0.25, 0.3) is 0 Å². The van der Waals surface area contributed by atoms with Crippen LogP contribution in [0.2, 0.25) is 0 Å². The molecular formula is C65H126O17P2. The quantitative estimate of drug-likeness (QED) is 0.0222. The van der Waals surface area contributed by atoms with Crippen molar-refractivity contribution in [2.24, 2.45) is 0 Å². The SMILES string of the molecule is CCCCCCCCCCCCCCCCCCCCCC(=O)O[C@H](COC(=O)CCCCCCCCCCC)COP(=O)(O)OC[C@@H](O)COP(=O)(O)OC[C@@H](COC(=O)CCCCCCCCC)OC(=O)CCCCCCCCCCC. The maximum Gasteiger partial charge on any atom is 0.472 e. The number of unbranched alkanes of at least 4 members (excludes halogenated alkanes) is 40. The molecule has 0 saturated carbocycles. The summed E-state index contributed by atoms with van der Waals surface area (Å²) >= 11 is 0. The zero-order valence-corrected chi connectivity index (χ0v) is 55.7. The highest BCUT2D eigenvalue weighted by Gasteiger charge is 2.30. The van der Waals surface area contributed by atoms with Crippen LogP contribution in [0.25, 0.3) is 0 Å². The summed E-state index contributed by atoms with van der Waals surface area (Å²) in [5, 5.41) is 10.5. The van der Waals surface area contributed by atoms with Crippen molar-refractivity contribution in [3.8, 4) is 0 Å². The second kappa shape index (κ2) is 60.0. The molecule has 0 bridgehead atoms. The van der Waals surface area contributed by atoms with Gasteiger partial charge < -0.3 is 33.8 Å². The summed E-state index contributed by atoms with van der Waals surface area (Å²) in [6, 6.07) is 0. The van der Waals surface area contributed by atoms with Crippen molar-refractivity contribution in [3.63, 3.8) is 0 Å². The van der Waals surface area contributed by atoms with Gasteiger partial charge in [0, 0.05) is 25.7 Å². The van der Waals surface area contributed by atoms with Crippen molar-refractivity contribution in [2.45, 2.75) is 354 Å². The first kappa shape index (κ1) is 82.1. The summed E-state index contributed by atoms with van der Waals surface area (Å²) in [4.78, 5) is 72.0. The lowest BCUT2D eigenvalue weighted by molar-refractivity contribution is -0.161. The Morgan fingerprint density at radius 3 is 0.702 bits per heavy atom. The fourth-order valence-electron chi connectivity index (χ4n) is 9.81. The Balaban J connectivity index is 5.11. The minimum atomic E-state index is -4.94. The number of phosphoric ester groups is 2. The lowest BCUT2D eigenvalue weighted by Crippen LogP contribution is -2.30. The van der Waals surface area contributed by atoms with E-state index >= 15 is 0 Å². The van der Waals surface area contributed by atoms with E-state index in [4.69, 9.17) is 37.0 Å². The molecule has 0 saturated heterocycles. The highest BCUT2D eigenvalue weighted by Crippen LogP contribution is 2.45. The minimum absolute atomic E-state index is 0.106. The van der Waals surface area contributed by atoms with Gasteiger partial charge >= 0.3 is 39.5 Å². The number of rotatable bonds is 66. The van der Waals surface area contributed by atoms with Crippen LogP contribution in [0, 0.1) is 0 Å². The van der Waals surface area contributed by atoms with Crippen LogP contribution in [0.5, 0.6) is 0 Å². The average molecular weight is 1240 g/mol. The van der Waals surface area contributed by atoms with Gasteiger partial charge in [0.2, 0.25) is 0 Å². The van der Waals surface area contributed by atoms with Gasteiger partial charge in [-0.1, -0.05) is 285 Å². The van der Waals surface area contributed by atoms with Crippen LogP contribution >= 0.6 is 15.6 Å². The lowest BCUT2D eigenvalue weighted by Gasteiger charge is -2.21. The van der Waals surface area contributed by atoms with Gasteiger partial charge in [0.15, 0.2) is 12.2 Å². The Morgan fingerprint density at radius 1 is 0.286 bits per heavy atom. The van der Waals surface area contributed by atoms with Crippen LogP contribution in [0.15, 0.2) is 0 Å². The van der Waals surface area contributed by atoms with Crippen LogP contribution in [0.3, 0.4) is 0 Å². The second-order valence-corrected chi connectivity index (χ2v) is 26.4. The van der Waals surface area contributed by atoms with Crippen molar-refractivity contribution in [2.75, 3.05) is 39.6 Å². The van der Waals surface area contributed by atoms with E-state index in [2.05, 4.69) is 27.7 Å². The first-order valence-corrected chi connectivity index (χ1v) is 37.3. The van der Waals surface area contributed by atoms with Gasteiger partial charge in [0.1, 0.15) is 19.3 Å². The van der Waals surface area contributed by atoms with Gasteiger partial charge in [-0.15, -0.1) is 0 Å². The van der Waals surface area contributed by atoms with E-state index in [-0.39, 0.29) is 25.7 Å². The minimum Gasteiger partial charge on any atom is -0.462 e. The predicted octanol–water partition coefficient (Wildman–Crippen LogP) is 18.3. The number of hydrogen-bond donors (Lipinski definition) is 3. The van der Waals surface area contributed by atoms with Crippen molar-refractivity contribution in [1.82, 2.24) is 0 Å². The summed E-state index contributed by atoms with van der Waals surface area (Å²) < 4.78 is 67.9. The number of aliphatic hydroxyl groups excluding tert-OH is 1. The smallest absolute Gasteiger partial charge is 0.462 e. The van der Waals surface area contributed by atoms with E-state index in [0.29, 0.717) is 25.7 Å². The molecule has 0 aromatic carbocycles. The molecule has 19 heteroatoms. The standard InChI is InChI=1S/C65H126O17P2/c1-5-9-13-17-21-24-25-26-27-28-29-30-31-32-33-36-40-44-48-52-65(70)82-61(56-76-63(68)50-46-42-38-34-22-18-14-10-6-2)58-80-84(73,74)78-54-59(66)53-77-83(71,72)79-57-60(55-75-62(67)49-45-41-37-20-16-12-8-4)81-64(69)51-47-43-39-35-23-19-15-11-7-3/h59-61,66H,5-58H2,1-4H3,(H,71,72)(H,73,74)/t59-,60+,61+/m0/s1. The highest BCUT2D eigenvalue weighted by atomic mass is 31.2. The number of phosphoric acid groups is 2. The molecule has 0 aromatic heterocycles. The fraction of sp³-hybridized carbons (Fsp3) is 0.938. The third-order valence-corrected chi connectivity index (χ3v) is 17.0. The van der Waals surface area contributed by atoms with Crippen molar-refractivity contribution in [1.29, 1.82) is 0 Å². The summed E-state index contributed by atoms with van der Waals surface area (Å²) in [5.41, 5.74) is 0. The van der Waals surface area contributed by atoms with Crippen LogP contribution in [0.4, 0.5) is 0 Å². The van der Waals surface area contributed by atoms with E-state index in [0.717, 1.165) is 103 Å². The molecule has 17 nitrogen and oxygen atoms in total. The van der Waals surface area contributed by atoms with Crippen molar-refractivity contribution >= 4 is 39.5 Å². The van der Waals surface area contributed by atoms with Crippen molar-refractivity contribution in [3.05, 3.63) is 0 Å². The Hall–Kier alpha value is -1.94. The Bertz CT molecular complexity index is 1620. The molecule has 0 aromatic rings. The number of carbonyl (C=O) groups is 4. The van der Waals surface area contributed by atoms with E-state index < -0.39 is 97.5 Å². The highest BCUT2D eigenvalue weighted by molar-refractivity contribution is 7.47. The first-order valence-electron chi connectivity index (χ1n) is 34.3. The van der Waals surface area contributed by atoms with Gasteiger partial charge in [-0.3, -0.25) is 37.3 Å². The predicted molar refractivity (Wildman–Crippen MR) is 335 cm³/mol. The van der Waals surface area contributed by atoms with E-state index in [1.54, 1.807) is 0 Å². The molecule has 0 heterocycles. The second-order valence-electron chi connectivity index (χ2n) is 23.5. The number of hydrogen-bond acceptors (Lipinski definition) is 15. The molecule has 84 heavy (non-hydrogen) atoms. The molecule has 0 rings (SSSR count). The zero-order chi connectivity index (χ0) is 61.9. The molecule has 2 unspecified atom stereocenters. The number of carbonyl (C=O) groups excluding carboxylic acids is 4. The molecule has 3 N–H and O–H groups in total. The lowest BCUT2D eigenvalue weighted by atomic mass is 10.0. The van der Waals surface area contributed by atoms with Crippen molar-refractivity contribution < 1.29 is 80.2 Å². The van der Waals surface area contributed by atoms with Gasteiger partial charge in [-0.05, 0) is 25.7 Å². The summed E-state index contributed by atoms with van der Waals surface area (Å²) in [6.07, 6.45) is 46.1. The maximum atomic E-state index is 13.0. The molecule has 0 fully saturated rings. The fourth-order valence-corrected chi connectivity index (χ4v) is 11.4. The molecule has 0 aliphatic rings. The van der Waals surface area contributed by atoms with E-state index in [1.807, 2.05) is 0 Å². The Labute approximate surface area is 511 Å². The molecule has 0 spiro atoms. The normalized spacial score (nSPS) is 14.1.